The molecule has 1 heterocycles. The SMILES string of the molecule is Cc1cc(S(=O)(=O)Nc2ccc3c(c2)B(O)OC3)c(C)cc1N. The van der Waals surface area contributed by atoms with Gasteiger partial charge >= 0.3 is 7.12 Å². The largest absolute Gasteiger partial charge is 0.491 e. The highest BCUT2D eigenvalue weighted by atomic mass is 32.2. The van der Waals surface area contributed by atoms with Crippen molar-refractivity contribution in [3.05, 3.63) is 47.0 Å². The van der Waals surface area contributed by atoms with Crippen LogP contribution in [-0.4, -0.2) is 20.6 Å². The lowest BCUT2D eigenvalue weighted by Crippen LogP contribution is -2.28. The number of benzene rings is 2. The minimum absolute atomic E-state index is 0.182. The van der Waals surface area contributed by atoms with Crippen LogP contribution in [0.25, 0.3) is 0 Å². The van der Waals surface area contributed by atoms with Crippen molar-refractivity contribution in [1.29, 1.82) is 0 Å². The third-order valence-corrected chi connectivity index (χ3v) is 5.44. The van der Waals surface area contributed by atoms with Gasteiger partial charge in [0.25, 0.3) is 10.0 Å². The molecule has 2 aromatic rings. The van der Waals surface area contributed by atoms with Crippen LogP contribution in [0.2, 0.25) is 0 Å². The second-order valence-electron chi connectivity index (χ2n) is 5.66. The van der Waals surface area contributed by atoms with Crippen LogP contribution in [0.4, 0.5) is 11.4 Å². The van der Waals surface area contributed by atoms with Crippen molar-refractivity contribution in [3.63, 3.8) is 0 Å². The molecule has 0 aliphatic carbocycles. The molecule has 0 amide bonds. The standard InChI is InChI=1S/C15H17BN2O4S/c1-9-6-15(10(2)5-14(9)17)23(20,21)18-12-4-3-11-8-22-16(19)13(11)7-12/h3-7,18-19H,8,17H2,1-2H3. The summed E-state index contributed by atoms with van der Waals surface area (Å²) in [7, 11) is -4.76. The van der Waals surface area contributed by atoms with Gasteiger partial charge in [0.2, 0.25) is 0 Å². The lowest BCUT2D eigenvalue weighted by atomic mass is 9.79. The Bertz CT molecular complexity index is 883. The monoisotopic (exact) mass is 332 g/mol. The quantitative estimate of drug-likeness (QED) is 0.573. The zero-order valence-corrected chi connectivity index (χ0v) is 13.6. The van der Waals surface area contributed by atoms with Crippen molar-refractivity contribution in [3.8, 4) is 0 Å². The topological polar surface area (TPSA) is 102 Å². The zero-order chi connectivity index (χ0) is 16.8. The van der Waals surface area contributed by atoms with Gasteiger partial charge in [-0.1, -0.05) is 6.07 Å². The zero-order valence-electron chi connectivity index (χ0n) is 12.8. The Hall–Kier alpha value is -2.03. The molecule has 0 radical (unpaired) electrons. The second-order valence-corrected chi connectivity index (χ2v) is 7.31. The summed E-state index contributed by atoms with van der Waals surface area (Å²) < 4.78 is 32.9. The number of nitrogen functional groups attached to an aromatic ring is 1. The van der Waals surface area contributed by atoms with Crippen molar-refractivity contribution in [2.24, 2.45) is 0 Å². The third kappa shape index (κ3) is 2.92. The first kappa shape index (κ1) is 15.9. The van der Waals surface area contributed by atoms with Crippen LogP contribution >= 0.6 is 0 Å². The van der Waals surface area contributed by atoms with Gasteiger partial charge in [-0.25, -0.2) is 8.42 Å². The summed E-state index contributed by atoms with van der Waals surface area (Å²) in [6.07, 6.45) is 0. The fraction of sp³-hybridized carbons (Fsp3) is 0.200. The molecule has 6 nitrogen and oxygen atoms in total. The third-order valence-electron chi connectivity index (χ3n) is 3.91. The summed E-state index contributed by atoms with van der Waals surface area (Å²) in [5, 5.41) is 9.72. The van der Waals surface area contributed by atoms with Crippen molar-refractivity contribution in [2.75, 3.05) is 10.5 Å². The van der Waals surface area contributed by atoms with E-state index in [9.17, 15) is 13.4 Å². The maximum absolute atomic E-state index is 12.6. The molecule has 3 rings (SSSR count). The molecule has 120 valence electrons. The highest BCUT2D eigenvalue weighted by Crippen LogP contribution is 2.24. The van der Waals surface area contributed by atoms with Gasteiger partial charge in [-0.2, -0.15) is 0 Å². The number of aryl methyl sites for hydroxylation is 2. The van der Waals surface area contributed by atoms with Gasteiger partial charge < -0.3 is 15.4 Å². The van der Waals surface area contributed by atoms with E-state index in [0.29, 0.717) is 34.6 Å². The maximum Gasteiger partial charge on any atom is 0.491 e. The van der Waals surface area contributed by atoms with E-state index in [4.69, 9.17) is 10.4 Å². The van der Waals surface area contributed by atoms with Gasteiger partial charge in [-0.15, -0.1) is 0 Å². The van der Waals surface area contributed by atoms with E-state index in [2.05, 4.69) is 4.72 Å². The van der Waals surface area contributed by atoms with Crippen LogP contribution in [0.1, 0.15) is 16.7 Å². The molecule has 2 aromatic carbocycles. The van der Waals surface area contributed by atoms with Crippen LogP contribution in [0.15, 0.2) is 35.2 Å². The van der Waals surface area contributed by atoms with Gasteiger partial charge in [0.15, 0.2) is 0 Å². The molecule has 0 saturated carbocycles. The molecule has 0 aromatic heterocycles. The van der Waals surface area contributed by atoms with E-state index >= 15 is 0 Å². The van der Waals surface area contributed by atoms with E-state index in [1.165, 1.54) is 0 Å². The first-order chi connectivity index (χ1) is 10.8. The van der Waals surface area contributed by atoms with Gasteiger partial charge in [0, 0.05) is 11.4 Å². The summed E-state index contributed by atoms with van der Waals surface area (Å²) in [5.41, 5.74) is 9.44. The smallest absolute Gasteiger partial charge is 0.423 e. The van der Waals surface area contributed by atoms with E-state index in [-0.39, 0.29) is 4.90 Å². The van der Waals surface area contributed by atoms with Crippen molar-refractivity contribution in [1.82, 2.24) is 0 Å². The Kier molecular flexibility index (Phi) is 3.83. The second kappa shape index (κ2) is 5.56. The Morgan fingerprint density at radius 3 is 2.70 bits per heavy atom. The fourth-order valence-corrected chi connectivity index (χ4v) is 3.95. The summed E-state index contributed by atoms with van der Waals surface area (Å²) in [6, 6.07) is 8.17. The van der Waals surface area contributed by atoms with Gasteiger partial charge in [0.05, 0.1) is 11.5 Å². The molecule has 0 saturated heterocycles. The molecule has 1 aliphatic rings. The molecule has 0 fully saturated rings. The summed E-state index contributed by atoms with van der Waals surface area (Å²) in [6.45, 7) is 3.78. The first-order valence-electron chi connectivity index (χ1n) is 7.10. The molecule has 0 bridgehead atoms. The first-order valence-corrected chi connectivity index (χ1v) is 8.58. The highest BCUT2D eigenvalue weighted by Gasteiger charge is 2.28. The Labute approximate surface area is 135 Å². The van der Waals surface area contributed by atoms with Crippen molar-refractivity contribution >= 4 is 34.0 Å². The molecule has 0 unspecified atom stereocenters. The van der Waals surface area contributed by atoms with Crippen LogP contribution in [-0.2, 0) is 21.3 Å². The molecular formula is C15H17BN2O4S. The lowest BCUT2D eigenvalue weighted by molar-refractivity contribution is 0.275. The summed E-state index contributed by atoms with van der Waals surface area (Å²) in [4.78, 5) is 0.182. The van der Waals surface area contributed by atoms with Crippen LogP contribution in [0.5, 0.6) is 0 Å². The average Bonchev–Trinajstić information content (AvgIpc) is 2.83. The fourth-order valence-electron chi connectivity index (χ4n) is 2.59. The number of fused-ring (bicyclic) bond motifs is 1. The molecule has 8 heteroatoms. The van der Waals surface area contributed by atoms with E-state index < -0.39 is 17.1 Å². The summed E-state index contributed by atoms with van der Waals surface area (Å²) >= 11 is 0. The molecule has 23 heavy (non-hydrogen) atoms. The predicted octanol–water partition coefficient (Wildman–Crippen LogP) is 0.904. The lowest BCUT2D eigenvalue weighted by Gasteiger charge is -2.13. The molecule has 1 aliphatic heterocycles. The molecule has 0 atom stereocenters. The van der Waals surface area contributed by atoms with Crippen molar-refractivity contribution in [2.45, 2.75) is 25.3 Å². The number of nitrogens with two attached hydrogens (primary N) is 1. The maximum atomic E-state index is 12.6. The van der Waals surface area contributed by atoms with Gasteiger partial charge in [-0.05, 0) is 60.3 Å². The molecule has 0 spiro atoms. The number of rotatable bonds is 3. The Morgan fingerprint density at radius 2 is 1.96 bits per heavy atom. The number of anilines is 2. The minimum Gasteiger partial charge on any atom is -0.423 e. The molecular weight excluding hydrogens is 315 g/mol. The average molecular weight is 332 g/mol. The van der Waals surface area contributed by atoms with Crippen LogP contribution in [0.3, 0.4) is 0 Å². The number of hydrogen-bond donors (Lipinski definition) is 3. The number of nitrogens with one attached hydrogen (secondary N) is 1. The van der Waals surface area contributed by atoms with Crippen LogP contribution in [0, 0.1) is 13.8 Å². The van der Waals surface area contributed by atoms with E-state index in [1.54, 1.807) is 44.2 Å². The van der Waals surface area contributed by atoms with Crippen LogP contribution < -0.4 is 15.9 Å². The Balaban J connectivity index is 1.96. The van der Waals surface area contributed by atoms with E-state index in [1.807, 2.05) is 0 Å². The normalized spacial score (nSPS) is 14.0. The predicted molar refractivity (Wildman–Crippen MR) is 90.0 cm³/mol. The number of hydrogen-bond acceptors (Lipinski definition) is 5. The minimum atomic E-state index is -3.75. The highest BCUT2D eigenvalue weighted by molar-refractivity contribution is 7.92. The van der Waals surface area contributed by atoms with Crippen molar-refractivity contribution < 1.29 is 18.1 Å². The summed E-state index contributed by atoms with van der Waals surface area (Å²) in [5.74, 6) is 0. The number of sulfonamides is 1. The molecule has 4 N–H and O–H groups in total. The van der Waals surface area contributed by atoms with Gasteiger partial charge in [0.1, 0.15) is 0 Å². The van der Waals surface area contributed by atoms with E-state index in [0.717, 1.165) is 5.56 Å². The Morgan fingerprint density at radius 1 is 1.22 bits per heavy atom. The van der Waals surface area contributed by atoms with Gasteiger partial charge in [-0.3, -0.25) is 4.72 Å².